The van der Waals surface area contributed by atoms with Gasteiger partial charge < -0.3 is 9.90 Å². The zero-order valence-corrected chi connectivity index (χ0v) is 8.95. The topological polar surface area (TPSA) is 54.4 Å². The van der Waals surface area contributed by atoms with Crippen molar-refractivity contribution in [1.29, 1.82) is 0 Å². The van der Waals surface area contributed by atoms with E-state index in [4.69, 9.17) is 5.11 Å². The maximum Gasteiger partial charge on any atom is 0.303 e. The molecule has 3 heteroatoms. The number of rotatable bonds is 6. The fourth-order valence-electron chi connectivity index (χ4n) is 2.01. The van der Waals surface area contributed by atoms with Gasteiger partial charge in [0.15, 0.2) is 0 Å². The number of hydrogen-bond acceptors (Lipinski definition) is 2. The predicted molar refractivity (Wildman–Crippen MR) is 57.6 cm³/mol. The molecule has 1 aliphatic carbocycles. The van der Waals surface area contributed by atoms with Crippen LogP contribution in [0.5, 0.6) is 0 Å². The van der Waals surface area contributed by atoms with Crippen molar-refractivity contribution in [2.75, 3.05) is 0 Å². The van der Waals surface area contributed by atoms with Crippen LogP contribution < -0.4 is 0 Å². The molecule has 0 aliphatic heterocycles. The Bertz CT molecular complexity index is 256. The van der Waals surface area contributed by atoms with Crippen LogP contribution in [0.2, 0.25) is 0 Å². The number of hydrogen-bond donors (Lipinski definition) is 1. The minimum Gasteiger partial charge on any atom is -0.481 e. The molecule has 84 valence electrons. The number of carboxylic acids is 1. The van der Waals surface area contributed by atoms with Gasteiger partial charge in [0.2, 0.25) is 0 Å². The average Bonchev–Trinajstić information content (AvgIpc) is 2.25. The van der Waals surface area contributed by atoms with E-state index in [1.165, 1.54) is 12.0 Å². The van der Waals surface area contributed by atoms with E-state index >= 15 is 0 Å². The van der Waals surface area contributed by atoms with Crippen LogP contribution in [0.4, 0.5) is 0 Å². The molecule has 0 aromatic heterocycles. The lowest BCUT2D eigenvalue weighted by molar-refractivity contribution is -0.137. The molecule has 0 heterocycles. The number of carbonyl (C=O) groups is 2. The smallest absolute Gasteiger partial charge is 0.303 e. The van der Waals surface area contributed by atoms with Gasteiger partial charge in [-0.05, 0) is 38.5 Å². The fraction of sp³-hybridized carbons (Fsp3) is 0.667. The van der Waals surface area contributed by atoms with Crippen LogP contribution in [0.25, 0.3) is 0 Å². The molecular weight excluding hydrogens is 192 g/mol. The number of carboxylic acid groups (broad SMARTS) is 1. The molecule has 0 spiro atoms. The number of aldehydes is 1. The first-order valence-corrected chi connectivity index (χ1v) is 5.60. The second-order valence-electron chi connectivity index (χ2n) is 4.05. The molecule has 1 rings (SSSR count). The van der Waals surface area contributed by atoms with Crippen LogP contribution in [0.1, 0.15) is 44.9 Å². The van der Waals surface area contributed by atoms with Gasteiger partial charge in [-0.1, -0.05) is 11.6 Å². The van der Waals surface area contributed by atoms with Crippen LogP contribution in [-0.4, -0.2) is 17.4 Å². The van der Waals surface area contributed by atoms with Crippen molar-refractivity contribution in [2.45, 2.75) is 44.9 Å². The molecule has 3 nitrogen and oxygen atoms in total. The van der Waals surface area contributed by atoms with Gasteiger partial charge in [0.05, 0.1) is 0 Å². The van der Waals surface area contributed by atoms with Crippen LogP contribution in [0.3, 0.4) is 0 Å². The third-order valence-electron chi connectivity index (χ3n) is 2.87. The molecule has 1 atom stereocenters. The summed E-state index contributed by atoms with van der Waals surface area (Å²) in [5.41, 5.74) is 1.22. The Morgan fingerprint density at radius 2 is 2.33 bits per heavy atom. The van der Waals surface area contributed by atoms with E-state index in [0.717, 1.165) is 25.5 Å². The summed E-state index contributed by atoms with van der Waals surface area (Å²) in [7, 11) is 0. The summed E-state index contributed by atoms with van der Waals surface area (Å²) < 4.78 is 0. The van der Waals surface area contributed by atoms with E-state index in [9.17, 15) is 9.59 Å². The van der Waals surface area contributed by atoms with Gasteiger partial charge in [-0.25, -0.2) is 0 Å². The first-order valence-electron chi connectivity index (χ1n) is 5.60. The van der Waals surface area contributed by atoms with E-state index < -0.39 is 5.97 Å². The summed E-state index contributed by atoms with van der Waals surface area (Å²) in [5, 5.41) is 8.51. The van der Waals surface area contributed by atoms with Gasteiger partial charge in [0.1, 0.15) is 6.29 Å². The first kappa shape index (κ1) is 12.0. The van der Waals surface area contributed by atoms with Crippen molar-refractivity contribution in [2.24, 2.45) is 5.92 Å². The van der Waals surface area contributed by atoms with Crippen LogP contribution in [-0.2, 0) is 9.59 Å². The molecule has 0 aromatic carbocycles. The average molecular weight is 210 g/mol. The summed E-state index contributed by atoms with van der Waals surface area (Å²) >= 11 is 0. The van der Waals surface area contributed by atoms with Gasteiger partial charge in [-0.2, -0.15) is 0 Å². The van der Waals surface area contributed by atoms with Crippen molar-refractivity contribution >= 4 is 12.3 Å². The summed E-state index contributed by atoms with van der Waals surface area (Å²) in [5.74, 6) is -0.818. The van der Waals surface area contributed by atoms with Gasteiger partial charge in [-0.15, -0.1) is 0 Å². The number of aliphatic carboxylic acids is 1. The van der Waals surface area contributed by atoms with Gasteiger partial charge in [-0.3, -0.25) is 4.79 Å². The maximum atomic E-state index is 10.9. The first-order chi connectivity index (χ1) is 7.24. The Labute approximate surface area is 90.2 Å². The molecule has 1 aliphatic rings. The van der Waals surface area contributed by atoms with Crippen LogP contribution in [0, 0.1) is 5.92 Å². The van der Waals surface area contributed by atoms with E-state index in [0.29, 0.717) is 12.8 Å². The highest BCUT2D eigenvalue weighted by molar-refractivity contribution is 5.66. The lowest BCUT2D eigenvalue weighted by Crippen LogP contribution is -2.09. The number of carbonyl (C=O) groups excluding carboxylic acids is 1. The Kier molecular flexibility index (Phi) is 5.08. The van der Waals surface area contributed by atoms with Crippen molar-refractivity contribution in [1.82, 2.24) is 0 Å². The SMILES string of the molecule is O=CC(CCCC(=O)O)C1=CCCCC1. The highest BCUT2D eigenvalue weighted by Gasteiger charge is 2.15. The summed E-state index contributed by atoms with van der Waals surface area (Å²) in [6, 6.07) is 0. The van der Waals surface area contributed by atoms with Crippen molar-refractivity contribution < 1.29 is 14.7 Å². The van der Waals surface area contributed by atoms with Gasteiger partial charge in [0.25, 0.3) is 0 Å². The minimum absolute atomic E-state index is 0.0374. The van der Waals surface area contributed by atoms with E-state index in [-0.39, 0.29) is 12.3 Å². The lowest BCUT2D eigenvalue weighted by atomic mass is 9.87. The van der Waals surface area contributed by atoms with Crippen molar-refractivity contribution in [3.8, 4) is 0 Å². The quantitative estimate of drug-likeness (QED) is 0.541. The molecule has 0 fully saturated rings. The molecule has 1 N–H and O–H groups in total. The molecular formula is C12H18O3. The standard InChI is InChI=1S/C12H18O3/c13-9-11(7-4-8-12(14)15)10-5-2-1-3-6-10/h5,9,11H,1-4,6-8H2,(H,14,15). The van der Waals surface area contributed by atoms with E-state index in [2.05, 4.69) is 6.08 Å². The highest BCUT2D eigenvalue weighted by atomic mass is 16.4. The third kappa shape index (κ3) is 4.28. The van der Waals surface area contributed by atoms with Gasteiger partial charge >= 0.3 is 5.97 Å². The minimum atomic E-state index is -0.780. The zero-order valence-electron chi connectivity index (χ0n) is 8.95. The molecule has 0 bridgehead atoms. The summed E-state index contributed by atoms with van der Waals surface area (Å²) in [4.78, 5) is 21.2. The van der Waals surface area contributed by atoms with Crippen LogP contribution >= 0.6 is 0 Å². The lowest BCUT2D eigenvalue weighted by Gasteiger charge is -2.18. The second-order valence-corrected chi connectivity index (χ2v) is 4.05. The van der Waals surface area contributed by atoms with E-state index in [1.54, 1.807) is 0 Å². The molecule has 15 heavy (non-hydrogen) atoms. The Morgan fingerprint density at radius 3 is 2.87 bits per heavy atom. The molecule has 1 unspecified atom stereocenters. The number of allylic oxidation sites excluding steroid dienone is 2. The van der Waals surface area contributed by atoms with Crippen molar-refractivity contribution in [3.05, 3.63) is 11.6 Å². The summed E-state index contributed by atoms with van der Waals surface area (Å²) in [6.07, 6.45) is 9.02. The monoisotopic (exact) mass is 210 g/mol. The summed E-state index contributed by atoms with van der Waals surface area (Å²) in [6.45, 7) is 0. The zero-order chi connectivity index (χ0) is 11.1. The van der Waals surface area contributed by atoms with E-state index in [1.807, 2.05) is 0 Å². The maximum absolute atomic E-state index is 10.9. The molecule has 0 aromatic rings. The molecule has 0 saturated heterocycles. The third-order valence-corrected chi connectivity index (χ3v) is 2.87. The fourth-order valence-corrected chi connectivity index (χ4v) is 2.01. The molecule has 0 amide bonds. The van der Waals surface area contributed by atoms with Crippen LogP contribution in [0.15, 0.2) is 11.6 Å². The second kappa shape index (κ2) is 6.38. The predicted octanol–water partition coefficient (Wildman–Crippen LogP) is 2.56. The Hall–Kier alpha value is -1.12. The van der Waals surface area contributed by atoms with Crippen molar-refractivity contribution in [3.63, 3.8) is 0 Å². The molecule has 0 radical (unpaired) electrons. The Balaban J connectivity index is 2.37. The molecule has 0 saturated carbocycles. The normalized spacial score (nSPS) is 18.0. The largest absolute Gasteiger partial charge is 0.481 e. The van der Waals surface area contributed by atoms with Gasteiger partial charge in [0, 0.05) is 12.3 Å². The highest BCUT2D eigenvalue weighted by Crippen LogP contribution is 2.26. The Morgan fingerprint density at radius 1 is 1.53 bits per heavy atom.